The van der Waals surface area contributed by atoms with Crippen LogP contribution in [0.25, 0.3) is 11.3 Å². The molecule has 0 aliphatic carbocycles. The Morgan fingerprint density at radius 2 is 2.04 bits per heavy atom. The number of halogens is 1. The first-order chi connectivity index (χ1) is 13.5. The minimum absolute atomic E-state index is 0.0859. The molecule has 3 heterocycles. The molecule has 0 radical (unpaired) electrons. The van der Waals surface area contributed by atoms with Gasteiger partial charge in [-0.1, -0.05) is 12.1 Å². The standard InChI is InChI=1S/C21H21FN4O2/c1-14-7-10-25-20(28)12-18(15-5-8-23-9-6-15)24-21(25)26(14)13-19(27)16-3-2-4-17(22)11-16/h2-6,8-9,11-12,14,19,27H,7,10,13H2,1H3. The SMILES string of the molecule is CC1CCn2c(nc(-c3ccncc3)cc2=O)N1CC(O)c1cccc(F)c1. The van der Waals surface area contributed by atoms with Gasteiger partial charge in [-0.05, 0) is 43.2 Å². The molecule has 0 fully saturated rings. The molecule has 0 saturated heterocycles. The molecular weight excluding hydrogens is 359 g/mol. The van der Waals surface area contributed by atoms with E-state index < -0.39 is 11.9 Å². The third-order valence-electron chi connectivity index (χ3n) is 5.13. The zero-order valence-corrected chi connectivity index (χ0v) is 15.5. The smallest absolute Gasteiger partial charge is 0.255 e. The van der Waals surface area contributed by atoms with Gasteiger partial charge in [-0.3, -0.25) is 14.3 Å². The summed E-state index contributed by atoms with van der Waals surface area (Å²) in [6.45, 7) is 2.83. The highest BCUT2D eigenvalue weighted by Crippen LogP contribution is 2.27. The lowest BCUT2D eigenvalue weighted by Crippen LogP contribution is -2.45. The Kier molecular flexibility index (Phi) is 4.92. The first kappa shape index (κ1) is 18.3. The fourth-order valence-electron chi connectivity index (χ4n) is 3.53. The van der Waals surface area contributed by atoms with Crippen LogP contribution in [0.1, 0.15) is 25.0 Å². The van der Waals surface area contributed by atoms with E-state index >= 15 is 0 Å². The fourth-order valence-corrected chi connectivity index (χ4v) is 3.53. The summed E-state index contributed by atoms with van der Waals surface area (Å²) < 4.78 is 15.2. The first-order valence-corrected chi connectivity index (χ1v) is 9.25. The minimum atomic E-state index is -0.897. The van der Waals surface area contributed by atoms with Gasteiger partial charge in [-0.25, -0.2) is 9.37 Å². The van der Waals surface area contributed by atoms with Crippen LogP contribution in [0.2, 0.25) is 0 Å². The van der Waals surface area contributed by atoms with E-state index in [2.05, 4.69) is 4.98 Å². The lowest BCUT2D eigenvalue weighted by Gasteiger charge is -2.37. The van der Waals surface area contributed by atoms with Gasteiger partial charge in [0.2, 0.25) is 5.95 Å². The molecule has 0 bridgehead atoms. The van der Waals surface area contributed by atoms with Crippen molar-refractivity contribution in [2.45, 2.75) is 32.0 Å². The highest BCUT2D eigenvalue weighted by atomic mass is 19.1. The van der Waals surface area contributed by atoms with Crippen molar-refractivity contribution < 1.29 is 9.50 Å². The van der Waals surface area contributed by atoms with Crippen molar-refractivity contribution in [1.82, 2.24) is 14.5 Å². The van der Waals surface area contributed by atoms with Gasteiger partial charge in [0, 0.05) is 36.6 Å². The molecule has 1 aromatic carbocycles. The number of fused-ring (bicyclic) bond motifs is 1. The number of β-amino-alcohol motifs (C(OH)–C–C–N with tert-alkyl or cyclic N) is 1. The van der Waals surface area contributed by atoms with Gasteiger partial charge in [0.25, 0.3) is 5.56 Å². The molecule has 2 aromatic heterocycles. The van der Waals surface area contributed by atoms with E-state index in [0.717, 1.165) is 12.0 Å². The Hall–Kier alpha value is -3.06. The number of hydrogen-bond donors (Lipinski definition) is 1. The Morgan fingerprint density at radius 3 is 2.79 bits per heavy atom. The topological polar surface area (TPSA) is 71.2 Å². The van der Waals surface area contributed by atoms with E-state index in [4.69, 9.17) is 4.98 Å². The average molecular weight is 380 g/mol. The molecular formula is C21H21FN4O2. The number of anilines is 1. The molecule has 0 saturated carbocycles. The second-order valence-corrected chi connectivity index (χ2v) is 7.03. The number of aliphatic hydroxyl groups is 1. The molecule has 144 valence electrons. The number of hydrogen-bond acceptors (Lipinski definition) is 5. The summed E-state index contributed by atoms with van der Waals surface area (Å²) in [6, 6.07) is 11.2. The maximum atomic E-state index is 13.5. The number of benzene rings is 1. The number of pyridine rings is 1. The largest absolute Gasteiger partial charge is 0.387 e. The van der Waals surface area contributed by atoms with E-state index in [1.807, 2.05) is 11.8 Å². The minimum Gasteiger partial charge on any atom is -0.387 e. The normalized spacial score (nSPS) is 17.2. The van der Waals surface area contributed by atoms with Gasteiger partial charge in [0.1, 0.15) is 5.82 Å². The molecule has 1 N–H and O–H groups in total. The number of nitrogens with zero attached hydrogens (tertiary/aromatic N) is 4. The summed E-state index contributed by atoms with van der Waals surface area (Å²) in [7, 11) is 0. The monoisotopic (exact) mass is 380 g/mol. The average Bonchev–Trinajstić information content (AvgIpc) is 2.70. The van der Waals surface area contributed by atoms with Crippen LogP contribution >= 0.6 is 0 Å². The quantitative estimate of drug-likeness (QED) is 0.754. The van der Waals surface area contributed by atoms with Crippen LogP contribution in [0.3, 0.4) is 0 Å². The molecule has 1 aliphatic rings. The summed E-state index contributed by atoms with van der Waals surface area (Å²) in [5, 5.41) is 10.7. The van der Waals surface area contributed by atoms with Gasteiger partial charge < -0.3 is 10.0 Å². The van der Waals surface area contributed by atoms with Crippen molar-refractivity contribution in [1.29, 1.82) is 0 Å². The van der Waals surface area contributed by atoms with Crippen LogP contribution in [-0.4, -0.2) is 32.2 Å². The molecule has 4 rings (SSSR count). The van der Waals surface area contributed by atoms with Crippen molar-refractivity contribution in [2.75, 3.05) is 11.4 Å². The summed E-state index contributed by atoms with van der Waals surface area (Å²) in [5.74, 6) is 0.131. The van der Waals surface area contributed by atoms with Crippen LogP contribution < -0.4 is 10.5 Å². The molecule has 0 spiro atoms. The molecule has 0 amide bonds. The molecule has 6 nitrogen and oxygen atoms in total. The van der Waals surface area contributed by atoms with Crippen molar-refractivity contribution in [2.24, 2.45) is 0 Å². The molecule has 2 unspecified atom stereocenters. The van der Waals surface area contributed by atoms with Crippen LogP contribution in [0.4, 0.5) is 10.3 Å². The predicted octanol–water partition coefficient (Wildman–Crippen LogP) is 2.78. The second kappa shape index (κ2) is 7.52. The van der Waals surface area contributed by atoms with E-state index in [9.17, 15) is 14.3 Å². The summed E-state index contributed by atoms with van der Waals surface area (Å²) >= 11 is 0. The van der Waals surface area contributed by atoms with Gasteiger partial charge in [-0.15, -0.1) is 0 Å². The highest BCUT2D eigenvalue weighted by molar-refractivity contribution is 5.59. The van der Waals surface area contributed by atoms with Gasteiger partial charge in [0.15, 0.2) is 0 Å². The molecule has 3 aromatic rings. The molecule has 7 heteroatoms. The van der Waals surface area contributed by atoms with E-state index in [-0.39, 0.29) is 18.1 Å². The highest BCUT2D eigenvalue weighted by Gasteiger charge is 2.28. The maximum absolute atomic E-state index is 13.5. The van der Waals surface area contributed by atoms with Gasteiger partial charge >= 0.3 is 0 Å². The van der Waals surface area contributed by atoms with Gasteiger partial charge in [-0.2, -0.15) is 0 Å². The third kappa shape index (κ3) is 3.53. The third-order valence-corrected chi connectivity index (χ3v) is 5.13. The van der Waals surface area contributed by atoms with Crippen molar-refractivity contribution in [3.8, 4) is 11.3 Å². The Balaban J connectivity index is 1.72. The first-order valence-electron chi connectivity index (χ1n) is 9.25. The number of rotatable bonds is 4. The molecule has 2 atom stereocenters. The zero-order valence-electron chi connectivity index (χ0n) is 15.5. The van der Waals surface area contributed by atoms with E-state index in [1.54, 1.807) is 41.2 Å². The van der Waals surface area contributed by atoms with E-state index in [1.165, 1.54) is 18.2 Å². The Labute approximate surface area is 161 Å². The van der Waals surface area contributed by atoms with Crippen LogP contribution in [-0.2, 0) is 6.54 Å². The Bertz CT molecular complexity index is 1040. The summed E-state index contributed by atoms with van der Waals surface area (Å²) in [6.07, 6.45) is 3.18. The predicted molar refractivity (Wildman–Crippen MR) is 105 cm³/mol. The summed E-state index contributed by atoms with van der Waals surface area (Å²) in [5.41, 5.74) is 1.74. The van der Waals surface area contributed by atoms with Crippen molar-refractivity contribution in [3.63, 3.8) is 0 Å². The molecule has 28 heavy (non-hydrogen) atoms. The summed E-state index contributed by atoms with van der Waals surface area (Å²) in [4.78, 5) is 23.3. The van der Waals surface area contributed by atoms with Crippen molar-refractivity contribution >= 4 is 5.95 Å². The number of aromatic nitrogens is 3. The molecule has 1 aliphatic heterocycles. The fraction of sp³-hybridized carbons (Fsp3) is 0.286. The number of aliphatic hydroxyl groups excluding tert-OH is 1. The lowest BCUT2D eigenvalue weighted by molar-refractivity contribution is 0.177. The Morgan fingerprint density at radius 1 is 1.25 bits per heavy atom. The van der Waals surface area contributed by atoms with Crippen molar-refractivity contribution in [3.05, 3.63) is 76.6 Å². The zero-order chi connectivity index (χ0) is 19.7. The van der Waals surface area contributed by atoms with Crippen LogP contribution in [0.5, 0.6) is 0 Å². The van der Waals surface area contributed by atoms with Gasteiger partial charge in [0.05, 0.1) is 18.3 Å². The van der Waals surface area contributed by atoms with E-state index in [0.29, 0.717) is 23.8 Å². The maximum Gasteiger partial charge on any atom is 0.255 e. The lowest BCUT2D eigenvalue weighted by atomic mass is 10.1. The van der Waals surface area contributed by atoms with Crippen LogP contribution in [0.15, 0.2) is 59.7 Å². The van der Waals surface area contributed by atoms with Crippen LogP contribution in [0, 0.1) is 5.82 Å². The second-order valence-electron chi connectivity index (χ2n) is 7.03.